The Bertz CT molecular complexity index is 3880. The Kier molecular flexibility index (Phi) is 31.8. The first-order valence-corrected chi connectivity index (χ1v) is 50.4. The van der Waals surface area contributed by atoms with Crippen molar-refractivity contribution in [2.45, 2.75) is 154 Å². The third-order valence-corrected chi connectivity index (χ3v) is 26.1. The maximum Gasteiger partial charge on any atom is 0.328 e. The zero-order valence-corrected chi connectivity index (χ0v) is 68.7. The second kappa shape index (κ2) is 37.5. The number of urea groups is 2. The van der Waals surface area contributed by atoms with Crippen molar-refractivity contribution in [2.24, 2.45) is 12.1 Å². The number of hydrogen-bond acceptors (Lipinski definition) is 24. The van der Waals surface area contributed by atoms with Crippen LogP contribution >= 0.6 is 46.6 Å². The van der Waals surface area contributed by atoms with Gasteiger partial charge in [-0.15, -0.1) is 65.9 Å². The summed E-state index contributed by atoms with van der Waals surface area (Å²) in [5, 5.41) is 120. The molecule has 31 nitrogen and oxygen atoms in total. The molecule has 602 valence electrons. The van der Waals surface area contributed by atoms with Crippen LogP contribution in [0.1, 0.15) is 43.8 Å². The maximum atomic E-state index is 12.1. The zero-order chi connectivity index (χ0) is 80.7. The van der Waals surface area contributed by atoms with Crippen molar-refractivity contribution in [3.8, 4) is 0 Å². The maximum absolute atomic E-state index is 12.1. The second-order valence-electron chi connectivity index (χ2n) is 31.4. The van der Waals surface area contributed by atoms with Crippen molar-refractivity contribution >= 4 is 107 Å². The van der Waals surface area contributed by atoms with Gasteiger partial charge in [0.25, 0.3) is 11.5 Å². The summed E-state index contributed by atoms with van der Waals surface area (Å²) in [6.45, 7) is 30.1. The number of hydrogen-bond donors (Lipinski definition) is 16. The SMILES string of the molecule is C=C1NC(=O)C=NN1[C@@H]1O[C@H](CCP(=C)(C)C)[C@@H](O)[C@H]1O.C=C1NC(=O)N(C)C=C1[C@@H]1O[C@H](CCP(=C)(C)C)[C@@H](O)[C@H]1O.C=C1NC(=O)NC=C1[C@@H]1O[C@H](CCP(=C)(C)C)[C@@H](O)[C@H]1O.C=C1NC(=S)C=CN1[C@@H]1O[C@H](CCP(=C)(C)C)[C@@H](O)[C@H]1O.C=P(C)(C)CC[C@H]1O[C@@H](c2c[nH]c(=O)n(C)c2=O)[C@H](O)[C@@H]1O. The number of aliphatic hydroxyl groups excluding tert-OH is 10. The number of rotatable bonds is 20. The minimum absolute atomic E-state index is 0.139. The molecule has 5 fully saturated rings. The number of nitrogens with one attached hydrogen (secondary N) is 6. The summed E-state index contributed by atoms with van der Waals surface area (Å²) in [5.41, 5.74) is 0.963. The molecule has 0 radical (unpaired) electrons. The summed E-state index contributed by atoms with van der Waals surface area (Å²) in [6.07, 6.45) is 20.6. The smallest absolute Gasteiger partial charge is 0.328 e. The molecule has 5 saturated heterocycles. The molecule has 107 heavy (non-hydrogen) atoms. The predicted octanol–water partition coefficient (Wildman–Crippen LogP) is 0.419. The van der Waals surface area contributed by atoms with Crippen LogP contribution in [0.2, 0.25) is 0 Å². The van der Waals surface area contributed by atoms with Gasteiger partial charge >= 0.3 is 17.8 Å². The van der Waals surface area contributed by atoms with E-state index in [0.29, 0.717) is 65.5 Å². The van der Waals surface area contributed by atoms with E-state index in [0.717, 1.165) is 41.6 Å². The minimum atomic E-state index is -1.27. The number of carbonyl (C=O) groups is 3. The lowest BCUT2D eigenvalue weighted by atomic mass is 9.99. The lowest BCUT2D eigenvalue weighted by Crippen LogP contribution is -2.47. The highest BCUT2D eigenvalue weighted by Crippen LogP contribution is 2.44. The van der Waals surface area contributed by atoms with Crippen molar-refractivity contribution in [2.75, 3.05) is 105 Å². The Morgan fingerprint density at radius 3 is 1.32 bits per heavy atom. The number of amides is 5. The van der Waals surface area contributed by atoms with Gasteiger partial charge in [0, 0.05) is 61.4 Å². The third-order valence-electron chi connectivity index (χ3n) is 18.5. The predicted molar refractivity (Wildman–Crippen MR) is 437 cm³/mol. The molecule has 1 aromatic rings. The lowest BCUT2D eigenvalue weighted by Gasteiger charge is -2.33. The molecular weight excluding hydrogens is 1500 g/mol. The van der Waals surface area contributed by atoms with Crippen molar-refractivity contribution in [1.29, 1.82) is 0 Å². The second-order valence-corrected chi connectivity index (χ2v) is 53.5. The van der Waals surface area contributed by atoms with E-state index < -0.39 is 162 Å². The number of H-pyrrole nitrogens is 1. The highest BCUT2D eigenvalue weighted by molar-refractivity contribution is 7.80. The molecule has 0 bridgehead atoms. The molecule has 16 N–H and O–H groups in total. The quantitative estimate of drug-likeness (QED) is 0.0621. The van der Waals surface area contributed by atoms with Gasteiger partial charge in [-0.05, 0) is 136 Å². The fourth-order valence-corrected chi connectivity index (χ4v) is 17.2. The van der Waals surface area contributed by atoms with Crippen LogP contribution in [-0.4, -0.2) is 357 Å². The molecule has 0 aromatic carbocycles. The van der Waals surface area contributed by atoms with Gasteiger partial charge in [0.2, 0.25) is 0 Å². The molecule has 0 spiro atoms. The summed E-state index contributed by atoms with van der Waals surface area (Å²) >= 11 is 5.03. The van der Waals surface area contributed by atoms with Crippen molar-refractivity contribution in [3.63, 3.8) is 0 Å². The average molecular weight is 1620 g/mol. The van der Waals surface area contributed by atoms with E-state index in [2.05, 4.69) is 161 Å². The molecular formula is C70H116N11O20P5S. The van der Waals surface area contributed by atoms with Gasteiger partial charge in [-0.25, -0.2) is 19.4 Å². The topological polar surface area (TPSA) is 437 Å². The number of nitrogens with zero attached hydrogens (tertiary/aromatic N) is 5. The molecule has 1 aromatic heterocycles. The lowest BCUT2D eigenvalue weighted by molar-refractivity contribution is -0.117. The standard InChI is InChI=1S/C15H25N2O4P.C14H23N2O5P.C14H23N2O4P.C14H23N2O3PS.C13H22N3O4P/c1-9-10(8-17(2)15(20)16-9)14-13(19)12(18)11(21-14)6-7-22(3,4)5;1-16-13(19)8(7-15-14(16)20)12-11(18)10(17)9(21-12)5-6-22(2,3)4;1-8-9(7-15-14(19)16-8)13-12(18)11(17)10(20-13)5-6-21(2,3)4;1-9-15-11(21)5-7-16(9)14-13(18)12(17)10(19-14)6-8-20(2,3)4;1-8-15-10(17)7-14-16(8)13-12(19)11(18)9(20-13)5-6-21(2,3)4/h8,11-14,18-19H,1,3,6-7H2,2,4-5H3,(H,16,20);7,9-12,17-18H,2,5-6H2,1,3-4H3,(H,15,20);7,10-13,17-18H,1-2,5-6H2,3-4H3,(H2,15,16,19);5,7,10,12-14,17-18H,1-2,6,8H2,3-4H3,(H,15,21);7,9,11-13,18-19H,1-2,5-6H2,3-4H3,(H,15,17)/t11-,12-,13-,14+;9-,10-,11-,12+;10-,11-,12-,13+;10-,12-,13-,14-;9-,11-,12-,13-/m11111/s1. The minimum Gasteiger partial charge on any atom is -0.388 e. The van der Waals surface area contributed by atoms with Crippen LogP contribution < -0.4 is 37.8 Å². The summed E-state index contributed by atoms with van der Waals surface area (Å²) < 4.78 is 29.8. The summed E-state index contributed by atoms with van der Waals surface area (Å²) in [7, 11) is 2.95. The Balaban J connectivity index is 0.000000209. The summed E-state index contributed by atoms with van der Waals surface area (Å²) in [4.78, 5) is 63.4. The van der Waals surface area contributed by atoms with Crippen LogP contribution in [0.3, 0.4) is 0 Å². The Labute approximate surface area is 633 Å². The Morgan fingerprint density at radius 1 is 0.495 bits per heavy atom. The number of carbonyl (C=O) groups excluding carboxylic acids is 3. The van der Waals surface area contributed by atoms with Gasteiger partial charge in [-0.2, -0.15) is 5.10 Å². The average Bonchev–Trinajstić information content (AvgIpc) is 1.70. The first kappa shape index (κ1) is 90.8. The molecule has 10 heterocycles. The molecule has 5 amide bonds. The fraction of sp³-hybridized carbons (Fsp3) is 0.600. The first-order valence-electron chi connectivity index (χ1n) is 34.7. The number of aromatic nitrogens is 2. The van der Waals surface area contributed by atoms with E-state index in [1.807, 2.05) is 0 Å². The van der Waals surface area contributed by atoms with Crippen LogP contribution in [0.15, 0.2) is 106 Å². The van der Waals surface area contributed by atoms with Gasteiger partial charge < -0.3 is 116 Å². The largest absolute Gasteiger partial charge is 0.388 e. The van der Waals surface area contributed by atoms with Crippen molar-refractivity contribution in [1.82, 2.24) is 50.9 Å². The van der Waals surface area contributed by atoms with E-state index in [9.17, 15) is 75.0 Å². The number of thiocarbonyl (C=S) groups is 1. The normalized spacial score (nSPS) is 32.4. The van der Waals surface area contributed by atoms with E-state index in [4.69, 9.17) is 35.9 Å². The number of hydrazone groups is 1. The molecule has 0 unspecified atom stereocenters. The molecule has 0 aliphatic carbocycles. The number of aliphatic hydroxyl groups is 10. The van der Waals surface area contributed by atoms with Crippen LogP contribution in [-0.2, 0) is 35.5 Å². The van der Waals surface area contributed by atoms with Crippen molar-refractivity contribution < 1.29 is 89.1 Å². The highest BCUT2D eigenvalue weighted by Gasteiger charge is 2.50. The summed E-state index contributed by atoms with van der Waals surface area (Å²) in [5.74, 6) is 0.359. The molecule has 0 saturated carbocycles. The van der Waals surface area contributed by atoms with Gasteiger partial charge in [0.15, 0.2) is 12.5 Å². The van der Waals surface area contributed by atoms with Gasteiger partial charge in [0.05, 0.1) is 36.1 Å². The Hall–Kier alpha value is -5.07. The fourth-order valence-electron chi connectivity index (χ4n) is 12.2. The monoisotopic (exact) mass is 1620 g/mol. The third kappa shape index (κ3) is 25.5. The molecule has 10 rings (SSSR count). The van der Waals surface area contributed by atoms with Crippen LogP contribution in [0.5, 0.6) is 0 Å². The zero-order valence-electron chi connectivity index (χ0n) is 63.4. The van der Waals surface area contributed by atoms with Gasteiger partial charge in [-0.1, -0.05) is 38.5 Å². The van der Waals surface area contributed by atoms with E-state index >= 15 is 0 Å². The van der Waals surface area contributed by atoms with Crippen LogP contribution in [0.4, 0.5) is 9.59 Å². The highest BCUT2D eigenvalue weighted by atomic mass is 32.1. The summed E-state index contributed by atoms with van der Waals surface area (Å²) in [6, 6.07) is -0.668. The molecule has 9 aliphatic rings. The Morgan fingerprint density at radius 2 is 0.888 bits per heavy atom. The van der Waals surface area contributed by atoms with Crippen molar-refractivity contribution in [3.05, 3.63) is 118 Å². The van der Waals surface area contributed by atoms with Gasteiger partial charge in [0.1, 0.15) is 102 Å². The first-order chi connectivity index (χ1) is 49.3. The number of ether oxygens (including phenoxy) is 5. The molecule has 9 aliphatic heterocycles. The van der Waals surface area contributed by atoms with E-state index in [-0.39, 0.29) is 35.5 Å². The van der Waals surface area contributed by atoms with E-state index in [1.54, 1.807) is 30.4 Å². The molecule has 20 atom stereocenters. The number of aromatic amines is 1. The van der Waals surface area contributed by atoms with Crippen LogP contribution in [0, 0.1) is 0 Å². The molecule has 37 heteroatoms. The van der Waals surface area contributed by atoms with E-state index in [1.165, 1.54) is 29.4 Å². The van der Waals surface area contributed by atoms with Crippen LogP contribution in [0.25, 0.3) is 0 Å². The van der Waals surface area contributed by atoms with Gasteiger partial charge in [-0.3, -0.25) is 14.2 Å².